The fraction of sp³-hybridized carbons (Fsp3) is 0. The van der Waals surface area contributed by atoms with E-state index in [0.29, 0.717) is 10.6 Å². The van der Waals surface area contributed by atoms with Crippen molar-refractivity contribution in [1.29, 1.82) is 5.26 Å². The second-order valence-electron chi connectivity index (χ2n) is 2.77. The van der Waals surface area contributed by atoms with Crippen molar-refractivity contribution in [2.24, 2.45) is 0 Å². The third-order valence-electron chi connectivity index (χ3n) is 1.78. The summed E-state index contributed by atoms with van der Waals surface area (Å²) in [6, 6.07) is 9.31. The Kier molecular flexibility index (Phi) is 2.21. The molecule has 0 N–H and O–H groups in total. The van der Waals surface area contributed by atoms with Gasteiger partial charge in [-0.15, -0.1) is 0 Å². The van der Waals surface area contributed by atoms with E-state index in [1.165, 1.54) is 6.20 Å². The molecule has 4 heteroatoms. The van der Waals surface area contributed by atoms with Crippen LogP contribution in [0.3, 0.4) is 0 Å². The Balaban J connectivity index is 2.45. The molecule has 0 saturated heterocycles. The molecule has 14 heavy (non-hydrogen) atoms. The lowest BCUT2D eigenvalue weighted by atomic mass is 10.3. The van der Waals surface area contributed by atoms with Crippen molar-refractivity contribution >= 4 is 11.6 Å². The Hall–Kier alpha value is -1.79. The van der Waals surface area contributed by atoms with E-state index in [4.69, 9.17) is 16.9 Å². The fourth-order valence-corrected chi connectivity index (χ4v) is 1.32. The quantitative estimate of drug-likeness (QED) is 0.714. The van der Waals surface area contributed by atoms with E-state index in [2.05, 4.69) is 5.10 Å². The second kappa shape index (κ2) is 3.52. The third kappa shape index (κ3) is 1.61. The van der Waals surface area contributed by atoms with Gasteiger partial charge in [-0.05, 0) is 18.2 Å². The molecule has 0 aliphatic heterocycles. The highest BCUT2D eigenvalue weighted by molar-refractivity contribution is 6.30. The summed E-state index contributed by atoms with van der Waals surface area (Å²) in [5.74, 6) is 0. The molecule has 1 aromatic carbocycles. The predicted octanol–water partition coefficient (Wildman–Crippen LogP) is 2.40. The topological polar surface area (TPSA) is 41.6 Å². The van der Waals surface area contributed by atoms with Gasteiger partial charge in [0.05, 0.1) is 17.4 Å². The zero-order chi connectivity index (χ0) is 9.97. The number of aromatic nitrogens is 2. The van der Waals surface area contributed by atoms with Crippen LogP contribution in [-0.2, 0) is 0 Å². The predicted molar refractivity (Wildman–Crippen MR) is 53.3 cm³/mol. The maximum absolute atomic E-state index is 8.62. The van der Waals surface area contributed by atoms with Crippen LogP contribution in [0.15, 0.2) is 36.7 Å². The van der Waals surface area contributed by atoms with Gasteiger partial charge < -0.3 is 0 Å². The van der Waals surface area contributed by atoms with E-state index in [9.17, 15) is 0 Å². The zero-order valence-electron chi connectivity index (χ0n) is 7.18. The lowest BCUT2D eigenvalue weighted by molar-refractivity contribution is 0.880. The smallest absolute Gasteiger partial charge is 0.102 e. The first kappa shape index (κ1) is 8.79. The van der Waals surface area contributed by atoms with E-state index in [1.807, 2.05) is 18.2 Å². The number of hydrogen-bond acceptors (Lipinski definition) is 2. The minimum Gasteiger partial charge on any atom is -0.240 e. The fourth-order valence-electron chi connectivity index (χ4n) is 1.14. The molecule has 0 aliphatic carbocycles. The third-order valence-corrected chi connectivity index (χ3v) is 2.02. The van der Waals surface area contributed by atoms with Crippen LogP contribution in [0.5, 0.6) is 0 Å². The standard InChI is InChI=1S/C10H6ClN3/c11-9-2-1-3-10(4-9)14-7-8(5-12)6-13-14/h1-4,6-7H. The van der Waals surface area contributed by atoms with Gasteiger partial charge in [0.25, 0.3) is 0 Å². The number of nitrogens with zero attached hydrogens (tertiary/aromatic N) is 3. The summed E-state index contributed by atoms with van der Waals surface area (Å²) >= 11 is 5.83. The van der Waals surface area contributed by atoms with Crippen LogP contribution < -0.4 is 0 Å². The van der Waals surface area contributed by atoms with Crippen LogP contribution in [0.25, 0.3) is 5.69 Å². The number of rotatable bonds is 1. The largest absolute Gasteiger partial charge is 0.240 e. The van der Waals surface area contributed by atoms with Crippen molar-refractivity contribution in [2.75, 3.05) is 0 Å². The first-order chi connectivity index (χ1) is 6.79. The van der Waals surface area contributed by atoms with E-state index >= 15 is 0 Å². The summed E-state index contributed by atoms with van der Waals surface area (Å²) in [7, 11) is 0. The first-order valence-electron chi connectivity index (χ1n) is 4.00. The van der Waals surface area contributed by atoms with Gasteiger partial charge in [-0.25, -0.2) is 4.68 Å². The number of hydrogen-bond donors (Lipinski definition) is 0. The molecule has 2 aromatic rings. The molecule has 2 rings (SSSR count). The number of benzene rings is 1. The Labute approximate surface area is 86.2 Å². The van der Waals surface area contributed by atoms with Crippen molar-refractivity contribution < 1.29 is 0 Å². The Morgan fingerprint density at radius 2 is 2.29 bits per heavy atom. The molecule has 0 unspecified atom stereocenters. The molecule has 0 fully saturated rings. The van der Waals surface area contributed by atoms with Gasteiger partial charge in [-0.2, -0.15) is 10.4 Å². The Morgan fingerprint density at radius 3 is 2.93 bits per heavy atom. The maximum atomic E-state index is 8.62. The first-order valence-corrected chi connectivity index (χ1v) is 4.38. The van der Waals surface area contributed by atoms with E-state index < -0.39 is 0 Å². The molecular formula is C10H6ClN3. The normalized spacial score (nSPS) is 9.71. The van der Waals surface area contributed by atoms with Crippen molar-refractivity contribution in [3.05, 3.63) is 47.2 Å². The highest BCUT2D eigenvalue weighted by Gasteiger charge is 1.99. The molecular weight excluding hydrogens is 198 g/mol. The van der Waals surface area contributed by atoms with Gasteiger partial charge in [0, 0.05) is 11.2 Å². The number of nitriles is 1. The van der Waals surface area contributed by atoms with Crippen LogP contribution in [-0.4, -0.2) is 9.78 Å². The Bertz CT molecular complexity index is 496. The summed E-state index contributed by atoms with van der Waals surface area (Å²) in [5, 5.41) is 13.3. The molecule has 68 valence electrons. The van der Waals surface area contributed by atoms with E-state index in [0.717, 1.165) is 5.69 Å². The summed E-state index contributed by atoms with van der Waals surface area (Å²) in [5.41, 5.74) is 1.38. The van der Waals surface area contributed by atoms with Crippen LogP contribution in [0.2, 0.25) is 5.02 Å². The van der Waals surface area contributed by atoms with Crippen molar-refractivity contribution in [2.45, 2.75) is 0 Å². The molecule has 1 aromatic heterocycles. The monoisotopic (exact) mass is 203 g/mol. The van der Waals surface area contributed by atoms with Gasteiger partial charge in [0.2, 0.25) is 0 Å². The molecule has 1 heterocycles. The van der Waals surface area contributed by atoms with Gasteiger partial charge in [0.1, 0.15) is 6.07 Å². The molecule has 0 atom stereocenters. The van der Waals surface area contributed by atoms with Gasteiger partial charge in [-0.1, -0.05) is 17.7 Å². The van der Waals surface area contributed by atoms with Crippen molar-refractivity contribution in [3.63, 3.8) is 0 Å². The molecule has 0 spiro atoms. The van der Waals surface area contributed by atoms with Gasteiger partial charge >= 0.3 is 0 Å². The highest BCUT2D eigenvalue weighted by atomic mass is 35.5. The summed E-state index contributed by atoms with van der Waals surface area (Å²) in [6.07, 6.45) is 3.17. The molecule has 0 saturated carbocycles. The summed E-state index contributed by atoms with van der Waals surface area (Å²) in [6.45, 7) is 0. The lowest BCUT2D eigenvalue weighted by Gasteiger charge is -1.99. The van der Waals surface area contributed by atoms with E-state index in [1.54, 1.807) is 23.0 Å². The van der Waals surface area contributed by atoms with Crippen molar-refractivity contribution in [3.8, 4) is 11.8 Å². The van der Waals surface area contributed by atoms with Crippen molar-refractivity contribution in [1.82, 2.24) is 9.78 Å². The molecule has 3 nitrogen and oxygen atoms in total. The van der Waals surface area contributed by atoms with Gasteiger partial charge in [0.15, 0.2) is 0 Å². The average molecular weight is 204 g/mol. The summed E-state index contributed by atoms with van der Waals surface area (Å²) in [4.78, 5) is 0. The van der Waals surface area contributed by atoms with E-state index in [-0.39, 0.29) is 0 Å². The average Bonchev–Trinajstić information content (AvgIpc) is 2.66. The lowest BCUT2D eigenvalue weighted by Crippen LogP contribution is -1.92. The maximum Gasteiger partial charge on any atom is 0.102 e. The zero-order valence-corrected chi connectivity index (χ0v) is 7.94. The molecule has 0 amide bonds. The summed E-state index contributed by atoms with van der Waals surface area (Å²) < 4.78 is 1.62. The highest BCUT2D eigenvalue weighted by Crippen LogP contribution is 2.14. The molecule has 0 bridgehead atoms. The molecule has 0 radical (unpaired) electrons. The van der Waals surface area contributed by atoms with Crippen LogP contribution in [0.1, 0.15) is 5.56 Å². The van der Waals surface area contributed by atoms with Crippen LogP contribution in [0, 0.1) is 11.3 Å². The minimum atomic E-state index is 0.532. The van der Waals surface area contributed by atoms with Gasteiger partial charge in [-0.3, -0.25) is 0 Å². The second-order valence-corrected chi connectivity index (χ2v) is 3.20. The minimum absolute atomic E-state index is 0.532. The molecule has 0 aliphatic rings. The SMILES string of the molecule is N#Cc1cnn(-c2cccc(Cl)c2)c1. The number of halogens is 1. The van der Waals surface area contributed by atoms with Crippen LogP contribution in [0.4, 0.5) is 0 Å². The van der Waals surface area contributed by atoms with Crippen LogP contribution >= 0.6 is 11.6 Å². The Morgan fingerprint density at radius 1 is 1.43 bits per heavy atom.